The fourth-order valence-electron chi connectivity index (χ4n) is 5.49. The highest BCUT2D eigenvalue weighted by Crippen LogP contribution is 2.27. The minimum absolute atomic E-state index is 0.761. The van der Waals surface area contributed by atoms with Gasteiger partial charge in [-0.1, -0.05) is 44.7 Å². The second-order valence-corrected chi connectivity index (χ2v) is 10.2. The second-order valence-electron chi connectivity index (χ2n) is 10.2. The summed E-state index contributed by atoms with van der Waals surface area (Å²) < 4.78 is 4.24. The standard InChI is InChI=1S/C19H24N2O.C16H18N2O/c1-5-15-12-16(6-2)19(13-21-10-9-20-14(21)4)17(7-3)18(15)8-11-22;1-11-9-12(2)16(13(3)15(11)5-8-19)10-18-7-6-17-14(18)4/h9-10,12,22H,5-7,13H2,1-4H3;6-7,9,19H,10H2,1-4H3/p-2. The molecule has 0 unspecified atom stereocenters. The van der Waals surface area contributed by atoms with Crippen LogP contribution in [0.1, 0.15) is 88.1 Å². The SMILES string of the molecule is CCc1cc(CC)c(Cn2ccnc2C)c(CC)c1C#C[O-].Cc1cc(C)c(Cn2ccnc2C)c(C)c1C#C[O-]. The average molecular weight is 549 g/mol. The Morgan fingerprint density at radius 3 is 1.63 bits per heavy atom. The molecular formula is C35H40N4O2-2. The van der Waals surface area contributed by atoms with Gasteiger partial charge in [0.2, 0.25) is 0 Å². The molecule has 214 valence electrons. The number of rotatable bonds is 7. The van der Waals surface area contributed by atoms with Crippen LogP contribution in [0.15, 0.2) is 36.9 Å². The Hall–Kier alpha value is -4.42. The molecule has 0 amide bonds. The molecule has 0 radical (unpaired) electrons. The Morgan fingerprint density at radius 1 is 0.634 bits per heavy atom. The average Bonchev–Trinajstić information content (AvgIpc) is 3.56. The fraction of sp³-hybridized carbons (Fsp3) is 0.371. The molecule has 0 fully saturated rings. The van der Waals surface area contributed by atoms with Crippen molar-refractivity contribution < 1.29 is 10.2 Å². The molecular weight excluding hydrogens is 508 g/mol. The van der Waals surface area contributed by atoms with Crippen LogP contribution in [0.3, 0.4) is 0 Å². The van der Waals surface area contributed by atoms with Crippen molar-refractivity contribution in [1.82, 2.24) is 19.1 Å². The van der Waals surface area contributed by atoms with E-state index in [1.165, 1.54) is 33.4 Å². The summed E-state index contributed by atoms with van der Waals surface area (Å²) in [7, 11) is 0. The van der Waals surface area contributed by atoms with Crippen molar-refractivity contribution in [3.63, 3.8) is 0 Å². The van der Waals surface area contributed by atoms with E-state index in [9.17, 15) is 10.2 Å². The van der Waals surface area contributed by atoms with E-state index in [1.807, 2.05) is 52.4 Å². The van der Waals surface area contributed by atoms with Crippen LogP contribution in [0, 0.1) is 58.7 Å². The maximum atomic E-state index is 10.9. The van der Waals surface area contributed by atoms with Gasteiger partial charge in [-0.2, -0.15) is 12.2 Å². The van der Waals surface area contributed by atoms with Crippen molar-refractivity contribution in [1.29, 1.82) is 0 Å². The predicted molar refractivity (Wildman–Crippen MR) is 161 cm³/mol. The Kier molecular flexibility index (Phi) is 10.8. The topological polar surface area (TPSA) is 81.8 Å². The maximum Gasteiger partial charge on any atom is 0.105 e. The van der Waals surface area contributed by atoms with E-state index >= 15 is 0 Å². The van der Waals surface area contributed by atoms with E-state index < -0.39 is 0 Å². The summed E-state index contributed by atoms with van der Waals surface area (Å²) in [6.45, 7) is 18.1. The number of hydrogen-bond acceptors (Lipinski definition) is 4. The molecule has 0 aliphatic heterocycles. The number of aromatic nitrogens is 4. The summed E-state index contributed by atoms with van der Waals surface area (Å²) in [6, 6.07) is 4.31. The lowest BCUT2D eigenvalue weighted by molar-refractivity contribution is -0.248. The summed E-state index contributed by atoms with van der Waals surface area (Å²) in [4.78, 5) is 8.53. The minimum Gasteiger partial charge on any atom is -0.833 e. The van der Waals surface area contributed by atoms with Crippen molar-refractivity contribution in [3.05, 3.63) is 104 Å². The van der Waals surface area contributed by atoms with E-state index in [1.54, 1.807) is 12.3 Å². The van der Waals surface area contributed by atoms with Gasteiger partial charge in [-0.05, 0) is 98.4 Å². The molecule has 0 saturated heterocycles. The zero-order valence-electron chi connectivity index (χ0n) is 25.6. The van der Waals surface area contributed by atoms with Gasteiger partial charge in [0, 0.05) is 49.0 Å². The molecule has 6 nitrogen and oxygen atoms in total. The molecule has 2 aromatic carbocycles. The van der Waals surface area contributed by atoms with Gasteiger partial charge in [-0.15, -0.1) is 0 Å². The van der Waals surface area contributed by atoms with Gasteiger partial charge in [0.05, 0.1) is 0 Å². The lowest BCUT2D eigenvalue weighted by atomic mass is 9.88. The molecule has 0 saturated carbocycles. The molecule has 41 heavy (non-hydrogen) atoms. The molecule has 4 aromatic rings. The third-order valence-corrected chi connectivity index (χ3v) is 7.83. The van der Waals surface area contributed by atoms with Gasteiger partial charge in [-0.25, -0.2) is 9.97 Å². The van der Waals surface area contributed by atoms with Crippen LogP contribution in [-0.4, -0.2) is 19.1 Å². The van der Waals surface area contributed by atoms with Gasteiger partial charge < -0.3 is 19.3 Å². The second kappa shape index (κ2) is 14.3. The first kappa shape index (κ1) is 31.1. The van der Waals surface area contributed by atoms with E-state index in [2.05, 4.69) is 70.8 Å². The molecule has 0 spiro atoms. The maximum absolute atomic E-state index is 10.9. The Balaban J connectivity index is 0.000000228. The Bertz CT molecular complexity index is 1630. The predicted octanol–water partition coefficient (Wildman–Crippen LogP) is 4.43. The summed E-state index contributed by atoms with van der Waals surface area (Å²) >= 11 is 0. The van der Waals surface area contributed by atoms with E-state index in [4.69, 9.17) is 0 Å². The molecule has 2 heterocycles. The van der Waals surface area contributed by atoms with Gasteiger partial charge in [-0.3, -0.25) is 0 Å². The first-order chi connectivity index (χ1) is 19.7. The molecule has 2 aromatic heterocycles. The third-order valence-electron chi connectivity index (χ3n) is 7.83. The largest absolute Gasteiger partial charge is 0.833 e. The summed E-state index contributed by atoms with van der Waals surface area (Å²) in [5.74, 6) is 7.46. The van der Waals surface area contributed by atoms with Gasteiger partial charge in [0.25, 0.3) is 0 Å². The summed E-state index contributed by atoms with van der Waals surface area (Å²) in [5.41, 5.74) is 11.4. The van der Waals surface area contributed by atoms with E-state index in [0.717, 1.165) is 66.3 Å². The Morgan fingerprint density at radius 2 is 1.17 bits per heavy atom. The lowest BCUT2D eigenvalue weighted by Gasteiger charge is -2.19. The highest BCUT2D eigenvalue weighted by molar-refractivity contribution is 5.54. The number of hydrogen-bond donors (Lipinski definition) is 0. The number of nitrogens with zero attached hydrogens (tertiary/aromatic N) is 4. The first-order valence-electron chi connectivity index (χ1n) is 14.2. The van der Waals surface area contributed by atoms with Crippen LogP contribution < -0.4 is 10.2 Å². The number of imidazole rings is 2. The lowest BCUT2D eigenvalue weighted by Crippen LogP contribution is -2.11. The van der Waals surface area contributed by atoms with Crippen LogP contribution in [0.25, 0.3) is 0 Å². The quantitative estimate of drug-likeness (QED) is 0.320. The van der Waals surface area contributed by atoms with Crippen molar-refractivity contribution in [2.75, 3.05) is 0 Å². The fourth-order valence-corrected chi connectivity index (χ4v) is 5.49. The third kappa shape index (κ3) is 7.02. The van der Waals surface area contributed by atoms with Crippen LogP contribution >= 0.6 is 0 Å². The van der Waals surface area contributed by atoms with Gasteiger partial charge >= 0.3 is 0 Å². The number of aryl methyl sites for hydroxylation is 6. The van der Waals surface area contributed by atoms with Crippen LogP contribution in [0.5, 0.6) is 0 Å². The highest BCUT2D eigenvalue weighted by atomic mass is 16.2. The highest BCUT2D eigenvalue weighted by Gasteiger charge is 2.15. The van der Waals surface area contributed by atoms with E-state index in [0.29, 0.717) is 0 Å². The van der Waals surface area contributed by atoms with Gasteiger partial charge in [0.1, 0.15) is 11.6 Å². The van der Waals surface area contributed by atoms with Crippen molar-refractivity contribution in [2.24, 2.45) is 0 Å². The molecule has 0 atom stereocenters. The van der Waals surface area contributed by atoms with Crippen molar-refractivity contribution in [3.8, 4) is 24.1 Å². The zero-order valence-corrected chi connectivity index (χ0v) is 25.6. The molecule has 0 aliphatic rings. The monoisotopic (exact) mass is 548 g/mol. The molecule has 6 heteroatoms. The molecule has 4 rings (SSSR count). The zero-order chi connectivity index (χ0) is 30.1. The number of benzene rings is 2. The van der Waals surface area contributed by atoms with Crippen LogP contribution in [-0.2, 0) is 32.4 Å². The van der Waals surface area contributed by atoms with Gasteiger partial charge in [0.15, 0.2) is 0 Å². The Labute approximate surface area is 245 Å². The summed E-state index contributed by atoms with van der Waals surface area (Å²) in [5, 5.41) is 21.5. The smallest absolute Gasteiger partial charge is 0.105 e. The molecule has 0 aliphatic carbocycles. The van der Waals surface area contributed by atoms with Crippen molar-refractivity contribution in [2.45, 2.75) is 87.7 Å². The minimum atomic E-state index is 0.761. The summed E-state index contributed by atoms with van der Waals surface area (Å²) in [6.07, 6.45) is 14.0. The normalized spacial score (nSPS) is 10.2. The van der Waals surface area contributed by atoms with Crippen LogP contribution in [0.4, 0.5) is 0 Å². The molecule has 0 bridgehead atoms. The van der Waals surface area contributed by atoms with Crippen LogP contribution in [0.2, 0.25) is 0 Å². The van der Waals surface area contributed by atoms with E-state index in [-0.39, 0.29) is 0 Å². The van der Waals surface area contributed by atoms with Crippen molar-refractivity contribution >= 4 is 0 Å². The first-order valence-corrected chi connectivity index (χ1v) is 14.2. The molecule has 0 N–H and O–H groups in total.